The monoisotopic (exact) mass is 298 g/mol. The minimum atomic E-state index is -0.452. The maximum absolute atomic E-state index is 12.3. The molecule has 2 rings (SSSR count). The Morgan fingerprint density at radius 3 is 2.14 bits per heavy atom. The lowest BCUT2D eigenvalue weighted by molar-refractivity contribution is -0.384. The van der Waals surface area contributed by atoms with Crippen molar-refractivity contribution < 1.29 is 9.72 Å². The minimum absolute atomic E-state index is 0.0222. The third-order valence-corrected chi connectivity index (χ3v) is 3.66. The van der Waals surface area contributed by atoms with Gasteiger partial charge in [0.1, 0.15) is 0 Å². The van der Waals surface area contributed by atoms with Gasteiger partial charge in [-0.15, -0.1) is 0 Å². The second kappa shape index (κ2) is 6.85. The highest BCUT2D eigenvalue weighted by Gasteiger charge is 2.18. The molecular formula is C17H18N2O3. The maximum Gasteiger partial charge on any atom is 0.269 e. The summed E-state index contributed by atoms with van der Waals surface area (Å²) < 4.78 is 0. The summed E-state index contributed by atoms with van der Waals surface area (Å²) in [4.78, 5) is 22.5. The quantitative estimate of drug-likeness (QED) is 0.677. The zero-order valence-electron chi connectivity index (χ0n) is 12.5. The van der Waals surface area contributed by atoms with E-state index in [-0.39, 0.29) is 23.6 Å². The van der Waals surface area contributed by atoms with E-state index >= 15 is 0 Å². The molecule has 0 aromatic heterocycles. The molecule has 0 saturated heterocycles. The molecule has 1 amide bonds. The Bertz CT molecular complexity index is 653. The number of nitro benzene ring substituents is 1. The van der Waals surface area contributed by atoms with Gasteiger partial charge in [-0.2, -0.15) is 0 Å². The highest BCUT2D eigenvalue weighted by Crippen LogP contribution is 2.21. The van der Waals surface area contributed by atoms with Gasteiger partial charge in [0.15, 0.2) is 0 Å². The minimum Gasteiger partial charge on any atom is -0.349 e. The van der Waals surface area contributed by atoms with Crippen molar-refractivity contribution in [2.45, 2.75) is 25.8 Å². The molecule has 0 unspecified atom stereocenters. The van der Waals surface area contributed by atoms with Crippen LogP contribution in [0.2, 0.25) is 0 Å². The van der Waals surface area contributed by atoms with Gasteiger partial charge in [0.05, 0.1) is 16.9 Å². The molecule has 1 N–H and O–H groups in total. The van der Waals surface area contributed by atoms with Gasteiger partial charge in [-0.25, -0.2) is 0 Å². The highest BCUT2D eigenvalue weighted by molar-refractivity contribution is 5.83. The van der Waals surface area contributed by atoms with E-state index < -0.39 is 4.92 Å². The SMILES string of the molecule is C[C@H](C(=O)N[C@H](C)c1ccccc1)c1ccc([N+](=O)[O-])cc1. The molecular weight excluding hydrogens is 280 g/mol. The first-order chi connectivity index (χ1) is 10.5. The number of hydrogen-bond acceptors (Lipinski definition) is 3. The van der Waals surface area contributed by atoms with E-state index in [1.54, 1.807) is 19.1 Å². The normalized spacial score (nSPS) is 13.2. The van der Waals surface area contributed by atoms with Gasteiger partial charge < -0.3 is 5.32 Å². The van der Waals surface area contributed by atoms with Crippen molar-refractivity contribution in [2.75, 3.05) is 0 Å². The molecule has 0 fully saturated rings. The van der Waals surface area contributed by atoms with Gasteiger partial charge in [0.25, 0.3) is 5.69 Å². The Labute approximate surface area is 129 Å². The molecule has 0 saturated carbocycles. The maximum atomic E-state index is 12.3. The van der Waals surface area contributed by atoms with Crippen LogP contribution in [0.5, 0.6) is 0 Å². The number of hydrogen-bond donors (Lipinski definition) is 1. The summed E-state index contributed by atoms with van der Waals surface area (Å²) in [5.41, 5.74) is 1.81. The number of nitrogens with one attached hydrogen (secondary N) is 1. The molecule has 0 radical (unpaired) electrons. The molecule has 2 aromatic rings. The molecule has 5 nitrogen and oxygen atoms in total. The second-order valence-corrected chi connectivity index (χ2v) is 5.21. The number of carbonyl (C=O) groups is 1. The van der Waals surface area contributed by atoms with E-state index in [0.717, 1.165) is 11.1 Å². The van der Waals surface area contributed by atoms with E-state index in [4.69, 9.17) is 0 Å². The van der Waals surface area contributed by atoms with Crippen molar-refractivity contribution in [3.8, 4) is 0 Å². The zero-order chi connectivity index (χ0) is 16.1. The van der Waals surface area contributed by atoms with Crippen LogP contribution >= 0.6 is 0 Å². The topological polar surface area (TPSA) is 72.2 Å². The van der Waals surface area contributed by atoms with E-state index in [1.807, 2.05) is 37.3 Å². The van der Waals surface area contributed by atoms with Gasteiger partial charge in [-0.1, -0.05) is 42.5 Å². The van der Waals surface area contributed by atoms with Crippen molar-refractivity contribution in [3.63, 3.8) is 0 Å². The van der Waals surface area contributed by atoms with Crippen LogP contribution in [0.3, 0.4) is 0 Å². The van der Waals surface area contributed by atoms with Crippen molar-refractivity contribution in [1.29, 1.82) is 0 Å². The lowest BCUT2D eigenvalue weighted by Crippen LogP contribution is -2.30. The largest absolute Gasteiger partial charge is 0.349 e. The van der Waals surface area contributed by atoms with Crippen LogP contribution in [-0.4, -0.2) is 10.8 Å². The molecule has 5 heteroatoms. The lowest BCUT2D eigenvalue weighted by Gasteiger charge is -2.18. The van der Waals surface area contributed by atoms with Crippen LogP contribution in [0.25, 0.3) is 0 Å². The Hall–Kier alpha value is -2.69. The number of non-ortho nitro benzene ring substituents is 1. The summed E-state index contributed by atoms with van der Waals surface area (Å²) in [6.45, 7) is 3.71. The Kier molecular flexibility index (Phi) is 4.88. The smallest absolute Gasteiger partial charge is 0.269 e. The fraction of sp³-hybridized carbons (Fsp3) is 0.235. The van der Waals surface area contributed by atoms with Crippen LogP contribution in [0, 0.1) is 10.1 Å². The number of rotatable bonds is 5. The molecule has 22 heavy (non-hydrogen) atoms. The molecule has 0 bridgehead atoms. The van der Waals surface area contributed by atoms with Crippen molar-refractivity contribution in [2.24, 2.45) is 0 Å². The molecule has 0 aliphatic carbocycles. The molecule has 0 heterocycles. The number of nitro groups is 1. The lowest BCUT2D eigenvalue weighted by atomic mass is 9.99. The van der Waals surface area contributed by atoms with Gasteiger partial charge in [-0.05, 0) is 25.0 Å². The van der Waals surface area contributed by atoms with Gasteiger partial charge in [0.2, 0.25) is 5.91 Å². The van der Waals surface area contributed by atoms with Crippen LogP contribution in [-0.2, 0) is 4.79 Å². The number of carbonyl (C=O) groups excluding carboxylic acids is 1. The predicted molar refractivity (Wildman–Crippen MR) is 84.5 cm³/mol. The third-order valence-electron chi connectivity index (χ3n) is 3.66. The first kappa shape index (κ1) is 15.7. The van der Waals surface area contributed by atoms with Gasteiger partial charge in [-0.3, -0.25) is 14.9 Å². The summed E-state index contributed by atoms with van der Waals surface area (Å²) in [6.07, 6.45) is 0. The molecule has 0 spiro atoms. The van der Waals surface area contributed by atoms with Crippen LogP contribution < -0.4 is 5.32 Å². The Balaban J connectivity index is 2.04. The van der Waals surface area contributed by atoms with E-state index in [9.17, 15) is 14.9 Å². The predicted octanol–water partition coefficient (Wildman–Crippen LogP) is 3.58. The van der Waals surface area contributed by atoms with Crippen LogP contribution in [0.4, 0.5) is 5.69 Å². The van der Waals surface area contributed by atoms with Crippen LogP contribution in [0.15, 0.2) is 54.6 Å². The number of nitrogens with zero attached hydrogens (tertiary/aromatic N) is 1. The van der Waals surface area contributed by atoms with Gasteiger partial charge >= 0.3 is 0 Å². The fourth-order valence-electron chi connectivity index (χ4n) is 2.20. The summed E-state index contributed by atoms with van der Waals surface area (Å²) in [5, 5.41) is 13.6. The first-order valence-electron chi connectivity index (χ1n) is 7.08. The second-order valence-electron chi connectivity index (χ2n) is 5.21. The van der Waals surface area contributed by atoms with E-state index in [0.29, 0.717) is 0 Å². The zero-order valence-corrected chi connectivity index (χ0v) is 12.5. The molecule has 114 valence electrons. The van der Waals surface area contributed by atoms with E-state index in [1.165, 1.54) is 12.1 Å². The molecule has 0 aliphatic heterocycles. The summed E-state index contributed by atoms with van der Waals surface area (Å²) in [6, 6.07) is 15.7. The number of amides is 1. The highest BCUT2D eigenvalue weighted by atomic mass is 16.6. The van der Waals surface area contributed by atoms with Crippen molar-refractivity contribution >= 4 is 11.6 Å². The fourth-order valence-corrected chi connectivity index (χ4v) is 2.20. The standard InChI is InChI=1S/C17H18N2O3/c1-12(14-8-10-16(11-9-14)19(21)22)17(20)18-13(2)15-6-4-3-5-7-15/h3-13H,1-2H3,(H,18,20)/t12-,13+/m0/s1. The average Bonchev–Trinajstić information content (AvgIpc) is 2.55. The molecule has 2 aromatic carbocycles. The average molecular weight is 298 g/mol. The number of benzene rings is 2. The Morgan fingerprint density at radius 1 is 1.00 bits per heavy atom. The summed E-state index contributed by atoms with van der Waals surface area (Å²) in [7, 11) is 0. The molecule has 0 aliphatic rings. The third kappa shape index (κ3) is 3.69. The van der Waals surface area contributed by atoms with Crippen molar-refractivity contribution in [1.82, 2.24) is 5.32 Å². The van der Waals surface area contributed by atoms with Crippen LogP contribution in [0.1, 0.15) is 36.9 Å². The van der Waals surface area contributed by atoms with Gasteiger partial charge in [0, 0.05) is 12.1 Å². The Morgan fingerprint density at radius 2 is 1.59 bits per heavy atom. The molecule has 2 atom stereocenters. The first-order valence-corrected chi connectivity index (χ1v) is 7.08. The van der Waals surface area contributed by atoms with Crippen molar-refractivity contribution in [3.05, 3.63) is 75.8 Å². The van der Waals surface area contributed by atoms with E-state index in [2.05, 4.69) is 5.32 Å². The summed E-state index contributed by atoms with van der Waals surface area (Å²) in [5.74, 6) is -0.475. The summed E-state index contributed by atoms with van der Waals surface area (Å²) >= 11 is 0.